The van der Waals surface area contributed by atoms with Gasteiger partial charge < -0.3 is 15.0 Å². The summed E-state index contributed by atoms with van der Waals surface area (Å²) in [7, 11) is 0. The number of piperidine rings is 1. The van der Waals surface area contributed by atoms with E-state index in [1.165, 1.54) is 5.56 Å². The largest absolute Gasteiger partial charge is 0.444 e. The Balaban J connectivity index is 1.86. The molecule has 0 radical (unpaired) electrons. The number of anilines is 1. The van der Waals surface area contributed by atoms with Gasteiger partial charge in [-0.1, -0.05) is 6.07 Å². The number of hydrogen-bond donors (Lipinski definition) is 1. The fourth-order valence-corrected chi connectivity index (χ4v) is 2.71. The van der Waals surface area contributed by atoms with Crippen LogP contribution in [-0.2, 0) is 9.53 Å². The number of nitrogens with zero attached hydrogens (tertiary/aromatic N) is 1. The summed E-state index contributed by atoms with van der Waals surface area (Å²) in [5.74, 6) is -0.0348. The number of likely N-dealkylation sites (tertiary alicyclic amines) is 1. The van der Waals surface area contributed by atoms with Crippen LogP contribution in [0.5, 0.6) is 0 Å². The second-order valence-electron chi connectivity index (χ2n) is 7.53. The van der Waals surface area contributed by atoms with Crippen LogP contribution in [0.1, 0.15) is 44.7 Å². The van der Waals surface area contributed by atoms with Crippen LogP contribution in [-0.4, -0.2) is 35.6 Å². The standard InChI is InChI=1S/C19H28N2O3/c1-13-6-7-16(12-14(13)2)20-17(22)15-8-10-21(11-9-15)18(23)24-19(3,4)5/h6-7,12,15H,8-11H2,1-5H3,(H,20,22). The molecule has 2 amide bonds. The fraction of sp³-hybridized carbons (Fsp3) is 0.579. The average Bonchev–Trinajstić information content (AvgIpc) is 2.49. The molecule has 5 nitrogen and oxygen atoms in total. The molecule has 1 aromatic carbocycles. The molecule has 0 aliphatic carbocycles. The molecule has 0 unspecified atom stereocenters. The number of aryl methyl sites for hydroxylation is 2. The molecule has 1 aliphatic heterocycles. The summed E-state index contributed by atoms with van der Waals surface area (Å²) in [5.41, 5.74) is 2.71. The second-order valence-corrected chi connectivity index (χ2v) is 7.53. The van der Waals surface area contributed by atoms with Crippen LogP contribution in [0.4, 0.5) is 10.5 Å². The van der Waals surface area contributed by atoms with Crippen molar-refractivity contribution in [2.45, 2.75) is 53.1 Å². The number of nitrogens with one attached hydrogen (secondary N) is 1. The topological polar surface area (TPSA) is 58.6 Å². The van der Waals surface area contributed by atoms with E-state index in [4.69, 9.17) is 4.74 Å². The van der Waals surface area contributed by atoms with Gasteiger partial charge in [-0.2, -0.15) is 0 Å². The lowest BCUT2D eigenvalue weighted by Crippen LogP contribution is -2.43. The third-order valence-electron chi connectivity index (χ3n) is 4.29. The van der Waals surface area contributed by atoms with Crippen LogP contribution in [0.25, 0.3) is 0 Å². The van der Waals surface area contributed by atoms with Crippen LogP contribution >= 0.6 is 0 Å². The Morgan fingerprint density at radius 1 is 1.12 bits per heavy atom. The highest BCUT2D eigenvalue weighted by Gasteiger charge is 2.29. The maximum Gasteiger partial charge on any atom is 0.410 e. The molecular formula is C19H28N2O3. The van der Waals surface area contributed by atoms with Gasteiger partial charge in [0, 0.05) is 24.7 Å². The van der Waals surface area contributed by atoms with Gasteiger partial charge in [0.2, 0.25) is 5.91 Å². The minimum absolute atomic E-state index is 0.0297. The van der Waals surface area contributed by atoms with E-state index in [1.807, 2.05) is 52.8 Å². The predicted molar refractivity (Wildman–Crippen MR) is 95.1 cm³/mol. The number of benzene rings is 1. The maximum absolute atomic E-state index is 12.4. The van der Waals surface area contributed by atoms with Crippen molar-refractivity contribution < 1.29 is 14.3 Å². The molecule has 1 aliphatic rings. The first-order valence-electron chi connectivity index (χ1n) is 8.52. The molecule has 0 aromatic heterocycles. The smallest absolute Gasteiger partial charge is 0.410 e. The average molecular weight is 332 g/mol. The minimum atomic E-state index is -0.491. The van der Waals surface area contributed by atoms with Crippen LogP contribution in [0.15, 0.2) is 18.2 Å². The number of carbonyl (C=O) groups excluding carboxylic acids is 2. The Morgan fingerprint density at radius 2 is 1.75 bits per heavy atom. The zero-order valence-electron chi connectivity index (χ0n) is 15.3. The molecule has 1 aromatic rings. The summed E-state index contributed by atoms with van der Waals surface area (Å²) in [6, 6.07) is 5.93. The van der Waals surface area contributed by atoms with E-state index >= 15 is 0 Å². The summed E-state index contributed by atoms with van der Waals surface area (Å²) in [5, 5.41) is 2.99. The molecule has 24 heavy (non-hydrogen) atoms. The molecule has 5 heteroatoms. The van der Waals surface area contributed by atoms with Gasteiger partial charge >= 0.3 is 6.09 Å². The minimum Gasteiger partial charge on any atom is -0.444 e. The van der Waals surface area contributed by atoms with E-state index in [2.05, 4.69) is 5.32 Å². The van der Waals surface area contributed by atoms with Crippen LogP contribution in [0.3, 0.4) is 0 Å². The van der Waals surface area contributed by atoms with Gasteiger partial charge in [0.1, 0.15) is 5.60 Å². The number of carbonyl (C=O) groups is 2. The third kappa shape index (κ3) is 4.98. The van der Waals surface area contributed by atoms with Gasteiger partial charge in [-0.3, -0.25) is 4.79 Å². The van der Waals surface area contributed by atoms with Gasteiger partial charge in [-0.25, -0.2) is 4.79 Å². The molecular weight excluding hydrogens is 304 g/mol. The van der Waals surface area contributed by atoms with E-state index in [-0.39, 0.29) is 17.9 Å². The van der Waals surface area contributed by atoms with E-state index in [0.717, 1.165) is 11.3 Å². The SMILES string of the molecule is Cc1ccc(NC(=O)C2CCN(C(=O)OC(C)(C)C)CC2)cc1C. The normalized spacial score (nSPS) is 16.0. The van der Waals surface area contributed by atoms with Crippen LogP contribution in [0.2, 0.25) is 0 Å². The third-order valence-corrected chi connectivity index (χ3v) is 4.29. The van der Waals surface area contributed by atoms with Gasteiger partial charge in [0.05, 0.1) is 0 Å². The van der Waals surface area contributed by atoms with Gasteiger partial charge in [0.25, 0.3) is 0 Å². The summed E-state index contributed by atoms with van der Waals surface area (Å²) in [6.45, 7) is 10.8. The number of amides is 2. The molecule has 1 heterocycles. The highest BCUT2D eigenvalue weighted by Crippen LogP contribution is 2.22. The summed E-state index contributed by atoms with van der Waals surface area (Å²) < 4.78 is 5.38. The summed E-state index contributed by atoms with van der Waals surface area (Å²) >= 11 is 0. The molecule has 132 valence electrons. The lowest BCUT2D eigenvalue weighted by Gasteiger charge is -2.32. The first-order valence-corrected chi connectivity index (χ1v) is 8.52. The predicted octanol–water partition coefficient (Wildman–Crippen LogP) is 3.89. The Morgan fingerprint density at radius 3 is 2.29 bits per heavy atom. The van der Waals surface area contributed by atoms with E-state index in [1.54, 1.807) is 4.90 Å². The summed E-state index contributed by atoms with van der Waals surface area (Å²) in [4.78, 5) is 26.2. The highest BCUT2D eigenvalue weighted by atomic mass is 16.6. The number of ether oxygens (including phenoxy) is 1. The Kier molecular flexibility index (Phi) is 5.52. The Bertz CT molecular complexity index is 612. The molecule has 1 fully saturated rings. The Labute approximate surface area is 144 Å². The molecule has 0 saturated carbocycles. The van der Waals surface area contributed by atoms with Gasteiger partial charge in [0.15, 0.2) is 0 Å². The second kappa shape index (κ2) is 7.24. The lowest BCUT2D eigenvalue weighted by molar-refractivity contribution is -0.121. The number of rotatable bonds is 2. The van der Waals surface area contributed by atoms with Crippen molar-refractivity contribution in [1.29, 1.82) is 0 Å². The first-order chi connectivity index (χ1) is 11.2. The van der Waals surface area contributed by atoms with Crippen molar-refractivity contribution >= 4 is 17.7 Å². The Hall–Kier alpha value is -2.04. The van der Waals surface area contributed by atoms with E-state index in [0.29, 0.717) is 25.9 Å². The van der Waals surface area contributed by atoms with Crippen molar-refractivity contribution in [2.24, 2.45) is 5.92 Å². The zero-order valence-corrected chi connectivity index (χ0v) is 15.3. The van der Waals surface area contributed by atoms with Gasteiger partial charge in [-0.05, 0) is 70.7 Å². The van der Waals surface area contributed by atoms with Crippen molar-refractivity contribution in [3.63, 3.8) is 0 Å². The van der Waals surface area contributed by atoms with Crippen molar-refractivity contribution in [3.8, 4) is 0 Å². The lowest BCUT2D eigenvalue weighted by atomic mass is 9.96. The molecule has 1 N–H and O–H groups in total. The number of hydrogen-bond acceptors (Lipinski definition) is 3. The van der Waals surface area contributed by atoms with E-state index in [9.17, 15) is 9.59 Å². The molecule has 2 rings (SSSR count). The molecule has 1 saturated heterocycles. The maximum atomic E-state index is 12.4. The van der Waals surface area contributed by atoms with E-state index < -0.39 is 5.60 Å². The summed E-state index contributed by atoms with van der Waals surface area (Å²) in [6.07, 6.45) is 1.03. The molecule has 0 bridgehead atoms. The monoisotopic (exact) mass is 332 g/mol. The van der Waals surface area contributed by atoms with Crippen molar-refractivity contribution in [2.75, 3.05) is 18.4 Å². The quantitative estimate of drug-likeness (QED) is 0.894. The van der Waals surface area contributed by atoms with Crippen molar-refractivity contribution in [1.82, 2.24) is 4.90 Å². The van der Waals surface area contributed by atoms with Crippen molar-refractivity contribution in [3.05, 3.63) is 29.3 Å². The zero-order chi connectivity index (χ0) is 17.9. The highest BCUT2D eigenvalue weighted by molar-refractivity contribution is 5.92. The fourth-order valence-electron chi connectivity index (χ4n) is 2.71. The molecule has 0 atom stereocenters. The van der Waals surface area contributed by atoms with Gasteiger partial charge in [-0.15, -0.1) is 0 Å². The van der Waals surface area contributed by atoms with Crippen LogP contribution in [0, 0.1) is 19.8 Å². The van der Waals surface area contributed by atoms with Crippen LogP contribution < -0.4 is 5.32 Å². The molecule has 0 spiro atoms. The first kappa shape index (κ1) is 18.3.